The molecule has 5 aromatic rings. The standard InChI is InChI=1S/C25H19N3O2/c1-16-11-12-22-19(13-16)20(14-23(29)28(22)15-17-7-3-2-4-8-17)24-26-21-10-6-5-9-18(21)25(30)27-24/h2-14H,15H2,1H3,(H,26,27,30). The van der Waals surface area contributed by atoms with Crippen molar-refractivity contribution < 1.29 is 0 Å². The average Bonchev–Trinajstić information content (AvgIpc) is 2.76. The zero-order chi connectivity index (χ0) is 20.7. The molecule has 0 amide bonds. The van der Waals surface area contributed by atoms with Crippen LogP contribution in [0.2, 0.25) is 0 Å². The Labute approximate surface area is 172 Å². The number of hydrogen-bond acceptors (Lipinski definition) is 3. The summed E-state index contributed by atoms with van der Waals surface area (Å²) in [6.07, 6.45) is 0. The van der Waals surface area contributed by atoms with Gasteiger partial charge in [-0.1, -0.05) is 54.1 Å². The summed E-state index contributed by atoms with van der Waals surface area (Å²) in [6.45, 7) is 2.48. The van der Waals surface area contributed by atoms with E-state index in [0.717, 1.165) is 22.0 Å². The summed E-state index contributed by atoms with van der Waals surface area (Å²) in [5.74, 6) is 0.401. The minimum Gasteiger partial charge on any atom is -0.306 e. The maximum absolute atomic E-state index is 13.1. The number of aromatic amines is 1. The number of nitrogens with zero attached hydrogens (tertiary/aromatic N) is 2. The van der Waals surface area contributed by atoms with E-state index in [1.807, 2.05) is 67.6 Å². The van der Waals surface area contributed by atoms with Crippen LogP contribution in [0.3, 0.4) is 0 Å². The highest BCUT2D eigenvalue weighted by Crippen LogP contribution is 2.26. The van der Waals surface area contributed by atoms with Gasteiger partial charge < -0.3 is 9.55 Å². The first-order valence-electron chi connectivity index (χ1n) is 9.78. The van der Waals surface area contributed by atoms with Gasteiger partial charge in [0.1, 0.15) is 5.82 Å². The van der Waals surface area contributed by atoms with E-state index < -0.39 is 0 Å². The van der Waals surface area contributed by atoms with Crippen molar-refractivity contribution in [3.8, 4) is 11.4 Å². The highest BCUT2D eigenvalue weighted by atomic mass is 16.1. The van der Waals surface area contributed by atoms with Crippen molar-refractivity contribution in [2.75, 3.05) is 0 Å². The topological polar surface area (TPSA) is 67.8 Å². The molecule has 3 aromatic carbocycles. The maximum atomic E-state index is 13.1. The highest BCUT2D eigenvalue weighted by molar-refractivity contribution is 5.94. The molecular formula is C25H19N3O2. The van der Waals surface area contributed by atoms with Gasteiger partial charge in [-0.25, -0.2) is 4.98 Å². The van der Waals surface area contributed by atoms with Crippen LogP contribution in [-0.2, 0) is 6.54 Å². The number of hydrogen-bond donors (Lipinski definition) is 1. The van der Waals surface area contributed by atoms with E-state index in [9.17, 15) is 9.59 Å². The minimum atomic E-state index is -0.218. The molecule has 1 N–H and O–H groups in total. The molecule has 0 radical (unpaired) electrons. The Kier molecular flexibility index (Phi) is 4.29. The molecule has 0 saturated carbocycles. The molecule has 0 fully saturated rings. The molecule has 0 saturated heterocycles. The van der Waals surface area contributed by atoms with Gasteiger partial charge in [0.15, 0.2) is 0 Å². The number of H-pyrrole nitrogens is 1. The van der Waals surface area contributed by atoms with Crippen molar-refractivity contribution >= 4 is 21.8 Å². The third-order valence-electron chi connectivity index (χ3n) is 5.32. The number of rotatable bonds is 3. The summed E-state index contributed by atoms with van der Waals surface area (Å²) in [5.41, 5.74) is 3.80. The molecule has 5 rings (SSSR count). The van der Waals surface area contributed by atoms with Gasteiger partial charge in [0.25, 0.3) is 11.1 Å². The maximum Gasteiger partial charge on any atom is 0.259 e. The van der Waals surface area contributed by atoms with Crippen molar-refractivity contribution in [1.29, 1.82) is 0 Å². The smallest absolute Gasteiger partial charge is 0.259 e. The van der Waals surface area contributed by atoms with E-state index in [0.29, 0.717) is 28.8 Å². The normalized spacial score (nSPS) is 11.2. The molecule has 0 spiro atoms. The lowest BCUT2D eigenvalue weighted by atomic mass is 10.0. The molecular weight excluding hydrogens is 374 g/mol. The van der Waals surface area contributed by atoms with Crippen molar-refractivity contribution in [3.05, 3.63) is 111 Å². The Morgan fingerprint density at radius 3 is 2.47 bits per heavy atom. The van der Waals surface area contributed by atoms with Gasteiger partial charge in [0.05, 0.1) is 23.0 Å². The summed E-state index contributed by atoms with van der Waals surface area (Å²) in [5, 5.41) is 1.41. The molecule has 2 heterocycles. The molecule has 30 heavy (non-hydrogen) atoms. The zero-order valence-corrected chi connectivity index (χ0v) is 16.4. The van der Waals surface area contributed by atoms with Crippen LogP contribution >= 0.6 is 0 Å². The lowest BCUT2D eigenvalue weighted by Gasteiger charge is -2.14. The largest absolute Gasteiger partial charge is 0.306 e. The molecule has 5 nitrogen and oxygen atoms in total. The second-order valence-electron chi connectivity index (χ2n) is 7.42. The van der Waals surface area contributed by atoms with Gasteiger partial charge in [0.2, 0.25) is 0 Å². The van der Waals surface area contributed by atoms with Crippen molar-refractivity contribution in [3.63, 3.8) is 0 Å². The number of nitrogens with one attached hydrogen (secondary N) is 1. The molecule has 0 bridgehead atoms. The van der Waals surface area contributed by atoms with Crippen molar-refractivity contribution in [2.24, 2.45) is 0 Å². The van der Waals surface area contributed by atoms with E-state index in [2.05, 4.69) is 9.97 Å². The predicted molar refractivity (Wildman–Crippen MR) is 120 cm³/mol. The van der Waals surface area contributed by atoms with Crippen LogP contribution < -0.4 is 11.1 Å². The summed E-state index contributed by atoms with van der Waals surface area (Å²) in [7, 11) is 0. The van der Waals surface area contributed by atoms with Crippen molar-refractivity contribution in [2.45, 2.75) is 13.5 Å². The third-order valence-corrected chi connectivity index (χ3v) is 5.32. The molecule has 0 aliphatic heterocycles. The fourth-order valence-corrected chi connectivity index (χ4v) is 3.84. The number of para-hydroxylation sites is 1. The van der Waals surface area contributed by atoms with Crippen LogP contribution in [0.25, 0.3) is 33.2 Å². The van der Waals surface area contributed by atoms with E-state index in [-0.39, 0.29) is 11.1 Å². The number of fused-ring (bicyclic) bond motifs is 2. The third kappa shape index (κ3) is 3.10. The van der Waals surface area contributed by atoms with Crippen LogP contribution in [0.4, 0.5) is 0 Å². The summed E-state index contributed by atoms with van der Waals surface area (Å²) in [4.78, 5) is 33.2. The first kappa shape index (κ1) is 18.1. The van der Waals surface area contributed by atoms with E-state index in [1.54, 1.807) is 22.8 Å². The molecule has 146 valence electrons. The van der Waals surface area contributed by atoms with E-state index in [1.165, 1.54) is 0 Å². The van der Waals surface area contributed by atoms with Gasteiger partial charge >= 0.3 is 0 Å². The molecule has 0 aliphatic carbocycles. The predicted octanol–water partition coefficient (Wildman–Crippen LogP) is 4.26. The summed E-state index contributed by atoms with van der Waals surface area (Å²) >= 11 is 0. The van der Waals surface area contributed by atoms with Crippen LogP contribution in [0, 0.1) is 6.92 Å². The number of benzene rings is 3. The summed E-state index contributed by atoms with van der Waals surface area (Å²) < 4.78 is 1.76. The SMILES string of the molecule is Cc1ccc2c(c1)c(-c1nc3ccccc3c(=O)[nH]1)cc(=O)n2Cc1ccccc1. The molecule has 0 unspecified atom stereocenters. The Balaban J connectivity index is 1.78. The van der Waals surface area contributed by atoms with Crippen LogP contribution in [-0.4, -0.2) is 14.5 Å². The average molecular weight is 393 g/mol. The highest BCUT2D eigenvalue weighted by Gasteiger charge is 2.14. The fraction of sp³-hybridized carbons (Fsp3) is 0.0800. The van der Waals surface area contributed by atoms with Crippen LogP contribution in [0.15, 0.2) is 88.5 Å². The Bertz CT molecular complexity index is 1520. The van der Waals surface area contributed by atoms with Crippen molar-refractivity contribution in [1.82, 2.24) is 14.5 Å². The van der Waals surface area contributed by atoms with E-state index >= 15 is 0 Å². The molecule has 0 aliphatic rings. The number of aryl methyl sites for hydroxylation is 1. The van der Waals surface area contributed by atoms with Gasteiger partial charge in [-0.15, -0.1) is 0 Å². The Morgan fingerprint density at radius 2 is 1.63 bits per heavy atom. The zero-order valence-electron chi connectivity index (χ0n) is 16.4. The number of pyridine rings is 1. The lowest BCUT2D eigenvalue weighted by Crippen LogP contribution is -2.21. The van der Waals surface area contributed by atoms with Gasteiger partial charge in [0, 0.05) is 17.0 Å². The van der Waals surface area contributed by atoms with E-state index in [4.69, 9.17) is 0 Å². The lowest BCUT2D eigenvalue weighted by molar-refractivity contribution is 0.795. The molecule has 0 atom stereocenters. The Morgan fingerprint density at radius 1 is 0.867 bits per heavy atom. The fourth-order valence-electron chi connectivity index (χ4n) is 3.84. The minimum absolute atomic E-state index is 0.138. The first-order chi connectivity index (χ1) is 14.6. The first-order valence-corrected chi connectivity index (χ1v) is 9.78. The van der Waals surface area contributed by atoms with Gasteiger partial charge in [-0.2, -0.15) is 0 Å². The van der Waals surface area contributed by atoms with Crippen LogP contribution in [0.5, 0.6) is 0 Å². The quantitative estimate of drug-likeness (QED) is 0.498. The molecule has 2 aromatic heterocycles. The monoisotopic (exact) mass is 393 g/mol. The second-order valence-corrected chi connectivity index (χ2v) is 7.42. The number of aromatic nitrogens is 3. The van der Waals surface area contributed by atoms with Gasteiger partial charge in [-0.3, -0.25) is 9.59 Å². The summed E-state index contributed by atoms with van der Waals surface area (Å²) in [6, 6.07) is 24.6. The second kappa shape index (κ2) is 7.12. The van der Waals surface area contributed by atoms with Gasteiger partial charge in [-0.05, 0) is 36.8 Å². The Hall–Kier alpha value is -3.99. The molecule has 5 heteroatoms. The van der Waals surface area contributed by atoms with Crippen LogP contribution in [0.1, 0.15) is 11.1 Å².